The molecule has 2 rings (SSSR count). The van der Waals surface area contributed by atoms with Gasteiger partial charge in [0, 0.05) is 11.8 Å². The van der Waals surface area contributed by atoms with Crippen LogP contribution in [0.2, 0.25) is 0 Å². The van der Waals surface area contributed by atoms with Crippen LogP contribution >= 0.6 is 0 Å². The van der Waals surface area contributed by atoms with Crippen molar-refractivity contribution in [3.05, 3.63) is 47.4 Å². The van der Waals surface area contributed by atoms with Gasteiger partial charge in [-0.1, -0.05) is 31.4 Å². The molecule has 1 amide bonds. The number of carbonyl (C=O) groups is 1. The van der Waals surface area contributed by atoms with Gasteiger partial charge in [0.05, 0.1) is 5.54 Å². The lowest BCUT2D eigenvalue weighted by molar-refractivity contribution is -0.125. The van der Waals surface area contributed by atoms with Crippen LogP contribution in [0.3, 0.4) is 0 Å². The third-order valence-corrected chi connectivity index (χ3v) is 4.43. The molecule has 3 N–H and O–H groups in total. The van der Waals surface area contributed by atoms with Crippen LogP contribution in [0.15, 0.2) is 46.0 Å². The minimum Gasteiger partial charge on any atom is -0.345 e. The van der Waals surface area contributed by atoms with Crippen LogP contribution in [0.1, 0.15) is 44.6 Å². The van der Waals surface area contributed by atoms with Gasteiger partial charge in [-0.2, -0.15) is 0 Å². The molecule has 0 aliphatic heterocycles. The normalized spacial score (nSPS) is 17.7. The highest BCUT2D eigenvalue weighted by molar-refractivity contribution is 5.92. The summed E-state index contributed by atoms with van der Waals surface area (Å²) in [5.41, 5.74) is 2.13. The van der Waals surface area contributed by atoms with Gasteiger partial charge >= 0.3 is 0 Å². The Bertz CT molecular complexity index is 694. The van der Waals surface area contributed by atoms with E-state index in [0.29, 0.717) is 0 Å². The first kappa shape index (κ1) is 18.8. The number of hydrogen-bond donors (Lipinski definition) is 3. The summed E-state index contributed by atoms with van der Waals surface area (Å²) < 4.78 is 13.7. The van der Waals surface area contributed by atoms with Crippen molar-refractivity contribution in [3.8, 4) is 0 Å². The molecule has 0 unspecified atom stereocenters. The predicted molar refractivity (Wildman–Crippen MR) is 95.0 cm³/mol. The number of amides is 1. The van der Waals surface area contributed by atoms with Gasteiger partial charge in [0.1, 0.15) is 5.82 Å². The Morgan fingerprint density at radius 2 is 2.08 bits per heavy atom. The molecule has 0 saturated heterocycles. The number of rotatable bonds is 4. The smallest absolute Gasteiger partial charge is 0.271 e. The van der Waals surface area contributed by atoms with Crippen LogP contribution in [0.4, 0.5) is 4.39 Å². The zero-order valence-corrected chi connectivity index (χ0v) is 14.3. The highest BCUT2D eigenvalue weighted by Crippen LogP contribution is 2.37. The molecule has 0 atom stereocenters. The van der Waals surface area contributed by atoms with E-state index < -0.39 is 11.4 Å². The molecule has 0 heterocycles. The molecule has 1 aliphatic rings. The molecule has 0 radical (unpaired) electrons. The van der Waals surface area contributed by atoms with Crippen LogP contribution in [-0.2, 0) is 10.3 Å². The lowest BCUT2D eigenvalue weighted by Crippen LogP contribution is -2.46. The summed E-state index contributed by atoms with van der Waals surface area (Å²) in [4.78, 5) is 19.4. The lowest BCUT2D eigenvalue weighted by Gasteiger charge is -2.39. The first-order valence-corrected chi connectivity index (χ1v) is 8.21. The molecule has 134 valence electrons. The zero-order chi connectivity index (χ0) is 18.3. The molecule has 0 spiro atoms. The molecule has 1 saturated carbocycles. The number of hydrogen-bond acceptors (Lipinski definition) is 3. The molecule has 1 fully saturated rings. The van der Waals surface area contributed by atoms with Gasteiger partial charge in [0.15, 0.2) is 0 Å². The summed E-state index contributed by atoms with van der Waals surface area (Å²) >= 11 is 0. The fourth-order valence-corrected chi connectivity index (χ4v) is 3.06. The average molecular weight is 346 g/mol. The summed E-state index contributed by atoms with van der Waals surface area (Å²) in [6, 6.07) is 6.53. The second kappa shape index (κ2) is 8.53. The third kappa shape index (κ3) is 4.73. The number of aliphatic imine (C=N–C) groups is 2. The zero-order valence-electron chi connectivity index (χ0n) is 14.3. The Balaban J connectivity index is 2.32. The van der Waals surface area contributed by atoms with Crippen molar-refractivity contribution in [3.63, 3.8) is 0 Å². The lowest BCUT2D eigenvalue weighted by atomic mass is 9.76. The largest absolute Gasteiger partial charge is 0.345 e. The Hall–Kier alpha value is -2.54. The van der Waals surface area contributed by atoms with Gasteiger partial charge in [0.2, 0.25) is 5.96 Å². The predicted octanol–water partition coefficient (Wildman–Crippen LogP) is 3.04. The fourth-order valence-electron chi connectivity index (χ4n) is 3.06. The van der Waals surface area contributed by atoms with E-state index in [9.17, 15) is 9.18 Å². The second-order valence-electron chi connectivity index (χ2n) is 6.14. The van der Waals surface area contributed by atoms with Crippen LogP contribution < -0.4 is 10.8 Å². The van der Waals surface area contributed by atoms with Crippen LogP contribution in [0.5, 0.6) is 0 Å². The van der Waals surface area contributed by atoms with Crippen molar-refractivity contribution in [1.29, 1.82) is 0 Å². The maximum Gasteiger partial charge on any atom is 0.271 e. The monoisotopic (exact) mass is 346 g/mol. The van der Waals surface area contributed by atoms with E-state index in [0.717, 1.165) is 37.7 Å². The molecule has 0 bridgehead atoms. The van der Waals surface area contributed by atoms with Crippen LogP contribution in [0, 0.1) is 5.82 Å². The summed E-state index contributed by atoms with van der Waals surface area (Å²) in [7, 11) is 0. The van der Waals surface area contributed by atoms with Crippen LogP contribution in [-0.4, -0.2) is 23.8 Å². The van der Waals surface area contributed by atoms with Gasteiger partial charge in [-0.05, 0) is 44.2 Å². The van der Waals surface area contributed by atoms with Crippen molar-refractivity contribution in [2.45, 2.75) is 44.6 Å². The van der Waals surface area contributed by atoms with E-state index in [4.69, 9.17) is 5.21 Å². The summed E-state index contributed by atoms with van der Waals surface area (Å²) in [5, 5.41) is 11.9. The summed E-state index contributed by atoms with van der Waals surface area (Å²) in [6.07, 6.45) is 6.09. The quantitative estimate of drug-likeness (QED) is 0.257. The van der Waals surface area contributed by atoms with Crippen molar-refractivity contribution < 1.29 is 14.4 Å². The molecule has 25 heavy (non-hydrogen) atoms. The van der Waals surface area contributed by atoms with E-state index in [1.54, 1.807) is 11.5 Å². The molecule has 1 aliphatic carbocycles. The van der Waals surface area contributed by atoms with Gasteiger partial charge in [-0.3, -0.25) is 10.0 Å². The van der Waals surface area contributed by atoms with E-state index in [2.05, 4.69) is 22.0 Å². The number of nitrogens with one attached hydrogen (secondary N) is 2. The Morgan fingerprint density at radius 1 is 1.36 bits per heavy atom. The first-order valence-electron chi connectivity index (χ1n) is 8.21. The number of carbonyl (C=O) groups excluding carboxylic acids is 1. The molecule has 7 heteroatoms. The van der Waals surface area contributed by atoms with Crippen molar-refractivity contribution in [1.82, 2.24) is 10.8 Å². The SMILES string of the molecule is C=N/C(=N\C=C(/C)C(=O)NO)NC1(c2cccc(F)c2)CCCCC1. The summed E-state index contributed by atoms with van der Waals surface area (Å²) in [6.45, 7) is 5.03. The molecule has 1 aromatic rings. The third-order valence-electron chi connectivity index (χ3n) is 4.43. The maximum absolute atomic E-state index is 13.7. The second-order valence-corrected chi connectivity index (χ2v) is 6.14. The minimum atomic E-state index is -0.648. The van der Waals surface area contributed by atoms with Crippen molar-refractivity contribution in [2.75, 3.05) is 0 Å². The number of hydroxylamine groups is 1. The minimum absolute atomic E-state index is 0.217. The Kier molecular flexibility index (Phi) is 6.41. The van der Waals surface area contributed by atoms with Crippen molar-refractivity contribution >= 4 is 18.6 Å². The highest BCUT2D eigenvalue weighted by Gasteiger charge is 2.34. The summed E-state index contributed by atoms with van der Waals surface area (Å²) in [5.74, 6) is -0.689. The van der Waals surface area contributed by atoms with E-state index in [-0.39, 0.29) is 17.3 Å². The van der Waals surface area contributed by atoms with E-state index in [1.807, 2.05) is 6.07 Å². The highest BCUT2D eigenvalue weighted by atomic mass is 19.1. The van der Waals surface area contributed by atoms with Gasteiger partial charge in [-0.25, -0.2) is 19.9 Å². The standard InChI is InChI=1S/C18H23FN4O2/c1-13(16(24)23-25)12-21-17(20-2)22-18(9-4-3-5-10-18)14-7-6-8-15(19)11-14/h6-8,11-12,25H,2-5,9-10H2,1H3,(H,21,22)(H,23,24)/b13-12+. The Morgan fingerprint density at radius 3 is 2.68 bits per heavy atom. The van der Waals surface area contributed by atoms with Gasteiger partial charge < -0.3 is 5.32 Å². The molecule has 1 aromatic carbocycles. The van der Waals surface area contributed by atoms with Crippen LogP contribution in [0.25, 0.3) is 0 Å². The van der Waals surface area contributed by atoms with Gasteiger partial charge in [-0.15, -0.1) is 0 Å². The number of halogens is 1. The van der Waals surface area contributed by atoms with E-state index >= 15 is 0 Å². The van der Waals surface area contributed by atoms with E-state index in [1.165, 1.54) is 25.3 Å². The number of guanidine groups is 1. The number of nitrogens with zero attached hydrogens (tertiary/aromatic N) is 2. The average Bonchev–Trinajstić information content (AvgIpc) is 2.64. The maximum atomic E-state index is 13.7. The molecule has 6 nitrogen and oxygen atoms in total. The fraction of sp³-hybridized carbons (Fsp3) is 0.389. The topological polar surface area (TPSA) is 86.1 Å². The first-order chi connectivity index (χ1) is 12.0. The molecule has 0 aromatic heterocycles. The number of benzene rings is 1. The Labute approximate surface area is 146 Å². The van der Waals surface area contributed by atoms with Gasteiger partial charge in [0.25, 0.3) is 5.91 Å². The van der Waals surface area contributed by atoms with Crippen molar-refractivity contribution in [2.24, 2.45) is 9.98 Å². The molecular formula is C18H23FN4O2. The molecular weight excluding hydrogens is 323 g/mol.